The van der Waals surface area contributed by atoms with Gasteiger partial charge < -0.3 is 20.7 Å². The second-order valence-corrected chi connectivity index (χ2v) is 6.79. The van der Waals surface area contributed by atoms with Crippen LogP contribution in [0.3, 0.4) is 0 Å². The van der Waals surface area contributed by atoms with E-state index in [1.807, 2.05) is 12.1 Å². The van der Waals surface area contributed by atoms with Gasteiger partial charge in [0.25, 0.3) is 5.56 Å². The number of rotatable bonds is 3. The minimum absolute atomic E-state index is 0.0352. The Hall–Kier alpha value is -2.42. The molecular formula is C18H23N5O3. The van der Waals surface area contributed by atoms with Crippen LogP contribution in [0.5, 0.6) is 5.75 Å². The predicted molar refractivity (Wildman–Crippen MR) is 97.6 cm³/mol. The molecule has 2 aromatic rings. The van der Waals surface area contributed by atoms with Crippen LogP contribution in [-0.2, 0) is 4.84 Å². The Morgan fingerprint density at radius 2 is 2.19 bits per heavy atom. The van der Waals surface area contributed by atoms with E-state index in [0.717, 1.165) is 44.5 Å². The molecule has 0 spiro atoms. The maximum atomic E-state index is 12.5. The number of hydrogen-bond acceptors (Lipinski definition) is 7. The normalized spacial score (nSPS) is 23.2. The number of nitrogens with two attached hydrogens (primary N) is 1. The molecular weight excluding hydrogens is 334 g/mol. The topological polar surface area (TPSA) is 114 Å². The molecule has 2 atom stereocenters. The van der Waals surface area contributed by atoms with Crippen molar-refractivity contribution in [2.24, 2.45) is 0 Å². The molecule has 2 fully saturated rings. The summed E-state index contributed by atoms with van der Waals surface area (Å²) in [4.78, 5) is 22.2. The zero-order chi connectivity index (χ0) is 18.1. The highest BCUT2D eigenvalue weighted by Gasteiger charge is 2.22. The number of hydrogen-bond donors (Lipinski definition) is 4. The standard InChI is InChI=1S/C18H23N5O3/c19-17-18(25)23(12-2-1-6-20-9-12)10-14(22-17)13-8-11(3-4-15(13)24)16-5-7-21-26-16/h3-4,8,10,12,16,20-21,24H,1-2,5-7,9H2,(H2,19,22). The highest BCUT2D eigenvalue weighted by molar-refractivity contribution is 5.68. The van der Waals surface area contributed by atoms with E-state index in [1.165, 1.54) is 0 Å². The number of phenolic OH excluding ortho intramolecular Hbond substituents is 1. The molecule has 8 nitrogen and oxygen atoms in total. The molecule has 2 saturated heterocycles. The van der Waals surface area contributed by atoms with Gasteiger partial charge in [0.15, 0.2) is 5.82 Å². The van der Waals surface area contributed by atoms with Crippen molar-refractivity contribution in [3.63, 3.8) is 0 Å². The Morgan fingerprint density at radius 1 is 1.31 bits per heavy atom. The maximum Gasteiger partial charge on any atom is 0.293 e. The number of benzene rings is 1. The fourth-order valence-corrected chi connectivity index (χ4v) is 3.60. The van der Waals surface area contributed by atoms with Gasteiger partial charge in [-0.3, -0.25) is 9.63 Å². The summed E-state index contributed by atoms with van der Waals surface area (Å²) in [5, 5.41) is 13.7. The number of piperidine rings is 1. The average molecular weight is 357 g/mol. The van der Waals surface area contributed by atoms with Crippen LogP contribution in [0.1, 0.15) is 37.0 Å². The molecule has 1 aromatic carbocycles. The fourth-order valence-electron chi connectivity index (χ4n) is 3.60. The third-order valence-corrected chi connectivity index (χ3v) is 5.02. The summed E-state index contributed by atoms with van der Waals surface area (Å²) >= 11 is 0. The SMILES string of the molecule is Nc1nc(-c2cc(C3CCNO3)ccc2O)cn(C2CCCNC2)c1=O. The lowest BCUT2D eigenvalue weighted by molar-refractivity contribution is 0.0336. The number of aromatic hydroxyl groups is 1. The highest BCUT2D eigenvalue weighted by Crippen LogP contribution is 2.33. The minimum atomic E-state index is -0.290. The summed E-state index contributed by atoms with van der Waals surface area (Å²) in [6.45, 7) is 2.46. The first-order chi connectivity index (χ1) is 12.6. The first kappa shape index (κ1) is 17.0. The van der Waals surface area contributed by atoms with Crippen molar-refractivity contribution >= 4 is 5.82 Å². The van der Waals surface area contributed by atoms with E-state index in [9.17, 15) is 9.90 Å². The average Bonchev–Trinajstić information content (AvgIpc) is 3.20. The third kappa shape index (κ3) is 3.18. The van der Waals surface area contributed by atoms with Gasteiger partial charge in [-0.2, -0.15) is 0 Å². The van der Waals surface area contributed by atoms with E-state index in [0.29, 0.717) is 11.3 Å². The Kier molecular flexibility index (Phi) is 4.62. The Morgan fingerprint density at radius 3 is 2.92 bits per heavy atom. The van der Waals surface area contributed by atoms with Crippen LogP contribution in [0.15, 0.2) is 29.2 Å². The van der Waals surface area contributed by atoms with Gasteiger partial charge in [0.1, 0.15) is 11.9 Å². The molecule has 0 aliphatic carbocycles. The Balaban J connectivity index is 1.76. The van der Waals surface area contributed by atoms with Crippen LogP contribution in [0.25, 0.3) is 11.3 Å². The second kappa shape index (κ2) is 7.06. The zero-order valence-corrected chi connectivity index (χ0v) is 14.4. The lowest BCUT2D eigenvalue weighted by Gasteiger charge is -2.25. The third-order valence-electron chi connectivity index (χ3n) is 5.02. The molecule has 2 unspecified atom stereocenters. The summed E-state index contributed by atoms with van der Waals surface area (Å²) in [6, 6.07) is 5.35. The van der Waals surface area contributed by atoms with Crippen molar-refractivity contribution in [1.82, 2.24) is 20.3 Å². The van der Waals surface area contributed by atoms with E-state index >= 15 is 0 Å². The van der Waals surface area contributed by atoms with Crippen LogP contribution in [-0.4, -0.2) is 34.3 Å². The minimum Gasteiger partial charge on any atom is -0.507 e. The highest BCUT2D eigenvalue weighted by atomic mass is 16.7. The Bertz CT molecular complexity index is 854. The summed E-state index contributed by atoms with van der Waals surface area (Å²) in [5.74, 6) is 0.0373. The van der Waals surface area contributed by atoms with Crippen molar-refractivity contribution in [2.45, 2.75) is 31.4 Å². The van der Waals surface area contributed by atoms with E-state index in [2.05, 4.69) is 15.8 Å². The predicted octanol–water partition coefficient (Wildman–Crippen LogP) is 1.09. The molecule has 4 rings (SSSR count). The molecule has 0 bridgehead atoms. The molecule has 26 heavy (non-hydrogen) atoms. The number of phenols is 1. The number of aromatic nitrogens is 2. The van der Waals surface area contributed by atoms with Gasteiger partial charge in [0.2, 0.25) is 0 Å². The van der Waals surface area contributed by atoms with Gasteiger partial charge >= 0.3 is 0 Å². The smallest absolute Gasteiger partial charge is 0.293 e. The van der Waals surface area contributed by atoms with E-state index < -0.39 is 0 Å². The summed E-state index contributed by atoms with van der Waals surface area (Å²) in [7, 11) is 0. The van der Waals surface area contributed by atoms with Gasteiger partial charge in [0, 0.05) is 30.9 Å². The van der Waals surface area contributed by atoms with E-state index in [4.69, 9.17) is 10.6 Å². The van der Waals surface area contributed by atoms with Crippen molar-refractivity contribution in [1.29, 1.82) is 0 Å². The van der Waals surface area contributed by atoms with Crippen LogP contribution in [0.4, 0.5) is 5.82 Å². The summed E-state index contributed by atoms with van der Waals surface area (Å²) in [6.07, 6.45) is 4.39. The molecule has 138 valence electrons. The van der Waals surface area contributed by atoms with Crippen LogP contribution < -0.4 is 22.1 Å². The lowest BCUT2D eigenvalue weighted by Crippen LogP contribution is -2.37. The van der Waals surface area contributed by atoms with Gasteiger partial charge in [-0.25, -0.2) is 10.5 Å². The van der Waals surface area contributed by atoms with E-state index in [-0.39, 0.29) is 29.3 Å². The number of nitrogens with zero attached hydrogens (tertiary/aromatic N) is 2. The Labute approximate surface area is 151 Å². The van der Waals surface area contributed by atoms with Gasteiger partial charge in [0.05, 0.1) is 5.69 Å². The van der Waals surface area contributed by atoms with Gasteiger partial charge in [-0.1, -0.05) is 6.07 Å². The number of nitrogens with one attached hydrogen (secondary N) is 2. The molecule has 0 radical (unpaired) electrons. The number of anilines is 1. The maximum absolute atomic E-state index is 12.5. The van der Waals surface area contributed by atoms with Crippen molar-refractivity contribution in [2.75, 3.05) is 25.4 Å². The largest absolute Gasteiger partial charge is 0.507 e. The van der Waals surface area contributed by atoms with Gasteiger partial charge in [-0.15, -0.1) is 0 Å². The molecule has 8 heteroatoms. The van der Waals surface area contributed by atoms with Crippen LogP contribution in [0, 0.1) is 0 Å². The monoisotopic (exact) mass is 357 g/mol. The van der Waals surface area contributed by atoms with Crippen LogP contribution in [0.2, 0.25) is 0 Å². The van der Waals surface area contributed by atoms with Crippen LogP contribution >= 0.6 is 0 Å². The number of hydroxylamine groups is 1. The first-order valence-corrected chi connectivity index (χ1v) is 8.94. The quantitative estimate of drug-likeness (QED) is 0.650. The molecule has 3 heterocycles. The summed E-state index contributed by atoms with van der Waals surface area (Å²) in [5.41, 5.74) is 10.4. The molecule has 1 aromatic heterocycles. The second-order valence-electron chi connectivity index (χ2n) is 6.79. The van der Waals surface area contributed by atoms with Crippen molar-refractivity contribution in [3.8, 4) is 17.0 Å². The first-order valence-electron chi connectivity index (χ1n) is 8.94. The van der Waals surface area contributed by atoms with Gasteiger partial charge in [-0.05, 0) is 43.5 Å². The number of nitrogen functional groups attached to an aromatic ring is 1. The fraction of sp³-hybridized carbons (Fsp3) is 0.444. The molecule has 2 aliphatic heterocycles. The summed E-state index contributed by atoms with van der Waals surface area (Å²) < 4.78 is 1.64. The molecule has 5 N–H and O–H groups in total. The van der Waals surface area contributed by atoms with Crippen molar-refractivity contribution in [3.05, 3.63) is 40.3 Å². The molecule has 2 aliphatic rings. The van der Waals surface area contributed by atoms with E-state index in [1.54, 1.807) is 16.8 Å². The lowest BCUT2D eigenvalue weighted by atomic mass is 10.0. The van der Waals surface area contributed by atoms with Crippen molar-refractivity contribution < 1.29 is 9.94 Å². The molecule has 0 saturated carbocycles. The molecule has 0 amide bonds. The zero-order valence-electron chi connectivity index (χ0n) is 14.4.